The molecule has 2 aromatic heterocycles. The Morgan fingerprint density at radius 1 is 1.00 bits per heavy atom. The maximum atomic E-state index is 13.0. The van der Waals surface area contributed by atoms with Crippen molar-refractivity contribution in [1.82, 2.24) is 18.5 Å². The van der Waals surface area contributed by atoms with Crippen LogP contribution in [-0.2, 0) is 16.6 Å². The van der Waals surface area contributed by atoms with Gasteiger partial charge in [0.2, 0.25) is 10.0 Å². The predicted octanol–water partition coefficient (Wildman–Crippen LogP) is 2.28. The highest BCUT2D eigenvalue weighted by Gasteiger charge is 2.26. The van der Waals surface area contributed by atoms with E-state index >= 15 is 0 Å². The standard InChI is InChI=1S/C20H23FN4O4S/c21-16-5-7-17(8-6-16)29-14-13-25-20(26)24-15-18(9-10-19(24)22-25)30(27,28)23-11-3-1-2-4-12-23/h5-10,15H,1-4,11-14H2. The zero-order valence-corrected chi connectivity index (χ0v) is 17.2. The van der Waals surface area contributed by atoms with Crippen molar-refractivity contribution >= 4 is 15.7 Å². The van der Waals surface area contributed by atoms with Gasteiger partial charge in [0.25, 0.3) is 0 Å². The molecule has 0 atom stereocenters. The van der Waals surface area contributed by atoms with Gasteiger partial charge in [0.15, 0.2) is 5.65 Å². The summed E-state index contributed by atoms with van der Waals surface area (Å²) < 4.78 is 48.4. The van der Waals surface area contributed by atoms with Gasteiger partial charge in [0.05, 0.1) is 11.4 Å². The molecule has 0 bridgehead atoms. The van der Waals surface area contributed by atoms with Crippen LogP contribution < -0.4 is 10.4 Å². The molecule has 30 heavy (non-hydrogen) atoms. The van der Waals surface area contributed by atoms with E-state index in [-0.39, 0.29) is 23.9 Å². The molecule has 1 fully saturated rings. The zero-order chi connectivity index (χ0) is 21.1. The van der Waals surface area contributed by atoms with Crippen molar-refractivity contribution in [2.75, 3.05) is 19.7 Å². The Labute approximate surface area is 173 Å². The second kappa shape index (κ2) is 8.57. The van der Waals surface area contributed by atoms with Crippen LogP contribution >= 0.6 is 0 Å². The molecule has 0 spiro atoms. The smallest absolute Gasteiger partial charge is 0.350 e. The third kappa shape index (κ3) is 4.24. The number of benzene rings is 1. The van der Waals surface area contributed by atoms with Crippen LogP contribution in [0, 0.1) is 5.82 Å². The molecule has 3 aromatic rings. The first-order chi connectivity index (χ1) is 14.4. The number of aromatic nitrogens is 3. The van der Waals surface area contributed by atoms with Gasteiger partial charge in [0.1, 0.15) is 18.2 Å². The minimum Gasteiger partial charge on any atom is -0.492 e. The largest absolute Gasteiger partial charge is 0.492 e. The lowest BCUT2D eigenvalue weighted by molar-refractivity contribution is 0.288. The first kappa shape index (κ1) is 20.5. The summed E-state index contributed by atoms with van der Waals surface area (Å²) in [7, 11) is -3.66. The molecule has 1 aliphatic heterocycles. The number of pyridine rings is 1. The minimum absolute atomic E-state index is 0.0844. The molecule has 8 nitrogen and oxygen atoms in total. The molecule has 3 heterocycles. The monoisotopic (exact) mass is 434 g/mol. The van der Waals surface area contributed by atoms with E-state index in [9.17, 15) is 17.6 Å². The number of sulfonamides is 1. The van der Waals surface area contributed by atoms with Crippen molar-refractivity contribution in [2.24, 2.45) is 0 Å². The Bertz CT molecular complexity index is 1180. The van der Waals surface area contributed by atoms with Gasteiger partial charge < -0.3 is 4.74 Å². The quantitative estimate of drug-likeness (QED) is 0.594. The van der Waals surface area contributed by atoms with Crippen molar-refractivity contribution in [1.29, 1.82) is 0 Å². The highest BCUT2D eigenvalue weighted by atomic mass is 32.2. The lowest BCUT2D eigenvalue weighted by atomic mass is 10.2. The molecule has 1 aromatic carbocycles. The zero-order valence-electron chi connectivity index (χ0n) is 16.4. The van der Waals surface area contributed by atoms with Gasteiger partial charge in [-0.1, -0.05) is 12.8 Å². The number of fused-ring (bicyclic) bond motifs is 1. The van der Waals surface area contributed by atoms with Crippen molar-refractivity contribution in [3.05, 3.63) is 58.9 Å². The van der Waals surface area contributed by atoms with Crippen molar-refractivity contribution < 1.29 is 17.5 Å². The van der Waals surface area contributed by atoms with Crippen molar-refractivity contribution in [3.8, 4) is 5.75 Å². The van der Waals surface area contributed by atoms with Crippen LogP contribution in [0.3, 0.4) is 0 Å². The summed E-state index contributed by atoms with van der Waals surface area (Å²) in [6, 6.07) is 8.60. The van der Waals surface area contributed by atoms with Crippen LogP contribution in [0.25, 0.3) is 5.65 Å². The maximum Gasteiger partial charge on any atom is 0.350 e. The van der Waals surface area contributed by atoms with Gasteiger partial charge in [-0.05, 0) is 49.2 Å². The van der Waals surface area contributed by atoms with Crippen LogP contribution in [0.2, 0.25) is 0 Å². The first-order valence-electron chi connectivity index (χ1n) is 9.93. The summed E-state index contributed by atoms with van der Waals surface area (Å²) in [5.41, 5.74) is -0.0859. The molecule has 0 aliphatic carbocycles. The van der Waals surface area contributed by atoms with Gasteiger partial charge in [-0.2, -0.15) is 4.31 Å². The summed E-state index contributed by atoms with van der Waals surface area (Å²) in [6.07, 6.45) is 5.07. The number of rotatable bonds is 6. The number of halogens is 1. The Morgan fingerprint density at radius 3 is 2.40 bits per heavy atom. The topological polar surface area (TPSA) is 85.9 Å². The normalized spacial score (nSPS) is 15.9. The van der Waals surface area contributed by atoms with Crippen molar-refractivity contribution in [2.45, 2.75) is 37.1 Å². The van der Waals surface area contributed by atoms with Crippen LogP contribution in [0.4, 0.5) is 4.39 Å². The van der Waals surface area contributed by atoms with E-state index in [4.69, 9.17) is 4.74 Å². The summed E-state index contributed by atoms with van der Waals surface area (Å²) in [6.45, 7) is 1.32. The van der Waals surface area contributed by atoms with E-state index in [0.29, 0.717) is 24.5 Å². The van der Waals surface area contributed by atoms with Gasteiger partial charge >= 0.3 is 5.69 Å². The lowest BCUT2D eigenvalue weighted by Gasteiger charge is -2.19. The number of hydrogen-bond acceptors (Lipinski definition) is 5. The van der Waals surface area contributed by atoms with E-state index < -0.39 is 15.7 Å². The highest BCUT2D eigenvalue weighted by molar-refractivity contribution is 7.89. The molecule has 4 rings (SSSR count). The molecule has 0 unspecified atom stereocenters. The van der Waals surface area contributed by atoms with E-state index in [1.165, 1.54) is 56.0 Å². The summed E-state index contributed by atoms with van der Waals surface area (Å²) >= 11 is 0. The predicted molar refractivity (Wildman–Crippen MR) is 109 cm³/mol. The second-order valence-electron chi connectivity index (χ2n) is 7.22. The number of nitrogens with zero attached hydrogens (tertiary/aromatic N) is 4. The molecule has 0 N–H and O–H groups in total. The fourth-order valence-corrected chi connectivity index (χ4v) is 5.02. The Hall–Kier alpha value is -2.72. The molecular weight excluding hydrogens is 411 g/mol. The summed E-state index contributed by atoms with van der Waals surface area (Å²) in [4.78, 5) is 12.8. The van der Waals surface area contributed by atoms with Gasteiger partial charge in [-0.25, -0.2) is 26.7 Å². The highest BCUT2D eigenvalue weighted by Crippen LogP contribution is 2.20. The van der Waals surface area contributed by atoms with Crippen LogP contribution in [0.5, 0.6) is 5.75 Å². The second-order valence-corrected chi connectivity index (χ2v) is 9.16. The fourth-order valence-electron chi connectivity index (χ4n) is 3.51. The lowest BCUT2D eigenvalue weighted by Crippen LogP contribution is -2.32. The molecule has 0 saturated carbocycles. The van der Waals surface area contributed by atoms with E-state index in [2.05, 4.69) is 5.10 Å². The van der Waals surface area contributed by atoms with E-state index in [1.807, 2.05) is 0 Å². The van der Waals surface area contributed by atoms with Gasteiger partial charge in [0, 0.05) is 19.3 Å². The summed E-state index contributed by atoms with van der Waals surface area (Å²) in [5, 5.41) is 4.23. The molecule has 1 saturated heterocycles. The third-order valence-electron chi connectivity index (χ3n) is 5.14. The number of ether oxygens (including phenoxy) is 1. The maximum absolute atomic E-state index is 13.0. The minimum atomic E-state index is -3.66. The molecular formula is C20H23FN4O4S. The van der Waals surface area contributed by atoms with Gasteiger partial charge in [-0.3, -0.25) is 0 Å². The fraction of sp³-hybridized carbons (Fsp3) is 0.400. The van der Waals surface area contributed by atoms with Crippen LogP contribution in [0.1, 0.15) is 25.7 Å². The Kier molecular flexibility index (Phi) is 5.87. The van der Waals surface area contributed by atoms with E-state index in [0.717, 1.165) is 25.7 Å². The first-order valence-corrected chi connectivity index (χ1v) is 11.4. The van der Waals surface area contributed by atoms with Crippen LogP contribution in [-0.4, -0.2) is 46.6 Å². The van der Waals surface area contributed by atoms with E-state index in [1.54, 1.807) is 0 Å². The molecule has 160 valence electrons. The average Bonchev–Trinajstić information content (AvgIpc) is 2.91. The van der Waals surface area contributed by atoms with Crippen molar-refractivity contribution in [3.63, 3.8) is 0 Å². The Balaban J connectivity index is 1.52. The Morgan fingerprint density at radius 2 is 1.70 bits per heavy atom. The number of hydrogen-bond donors (Lipinski definition) is 0. The molecule has 0 radical (unpaired) electrons. The molecule has 0 amide bonds. The van der Waals surface area contributed by atoms with Crippen LogP contribution in [0.15, 0.2) is 52.3 Å². The SMILES string of the molecule is O=c1n(CCOc2ccc(F)cc2)nc2ccc(S(=O)(=O)N3CCCCCC3)cn12. The average molecular weight is 434 g/mol. The third-order valence-corrected chi connectivity index (χ3v) is 7.02. The summed E-state index contributed by atoms with van der Waals surface area (Å²) in [5.74, 6) is 0.129. The molecule has 1 aliphatic rings. The van der Waals surface area contributed by atoms with Gasteiger partial charge in [-0.15, -0.1) is 5.10 Å². The molecule has 10 heteroatoms.